The number of amides is 1. The van der Waals surface area contributed by atoms with Crippen molar-refractivity contribution in [1.82, 2.24) is 5.43 Å². The highest BCUT2D eigenvalue weighted by molar-refractivity contribution is 5.88. The molecule has 0 fully saturated rings. The third-order valence-corrected chi connectivity index (χ3v) is 2.99. The van der Waals surface area contributed by atoms with Gasteiger partial charge in [-0.3, -0.25) is 14.9 Å². The molecule has 0 aliphatic carbocycles. The highest BCUT2D eigenvalue weighted by atomic mass is 16.6. The van der Waals surface area contributed by atoms with E-state index in [9.17, 15) is 14.9 Å². The van der Waals surface area contributed by atoms with Gasteiger partial charge in [0.15, 0.2) is 5.92 Å². The number of hydrogen-bond acceptors (Lipinski definition) is 5. The molecular formula is C16H12N4O3. The minimum absolute atomic E-state index is 0.0699. The van der Waals surface area contributed by atoms with Crippen LogP contribution < -0.4 is 5.43 Å². The van der Waals surface area contributed by atoms with Crippen LogP contribution in [0.3, 0.4) is 0 Å². The van der Waals surface area contributed by atoms with E-state index in [2.05, 4.69) is 10.5 Å². The van der Waals surface area contributed by atoms with Gasteiger partial charge in [-0.05, 0) is 5.56 Å². The number of non-ortho nitro benzene ring substituents is 1. The molecule has 2 aromatic rings. The minimum atomic E-state index is -0.974. The lowest BCUT2D eigenvalue weighted by Crippen LogP contribution is -2.24. The molecule has 1 atom stereocenters. The van der Waals surface area contributed by atoms with Crippen molar-refractivity contribution in [3.63, 3.8) is 0 Å². The summed E-state index contributed by atoms with van der Waals surface area (Å²) in [5.41, 5.74) is 3.23. The van der Waals surface area contributed by atoms with Crippen molar-refractivity contribution >= 4 is 17.8 Å². The van der Waals surface area contributed by atoms with Gasteiger partial charge in [0.05, 0.1) is 17.2 Å². The van der Waals surface area contributed by atoms with Crippen LogP contribution in [0.5, 0.6) is 0 Å². The van der Waals surface area contributed by atoms with Gasteiger partial charge in [0.1, 0.15) is 0 Å². The second-order valence-electron chi connectivity index (χ2n) is 4.56. The van der Waals surface area contributed by atoms with Crippen LogP contribution in [0.1, 0.15) is 17.0 Å². The third kappa shape index (κ3) is 4.22. The van der Waals surface area contributed by atoms with Crippen LogP contribution in [-0.4, -0.2) is 17.0 Å². The number of rotatable bonds is 5. The van der Waals surface area contributed by atoms with Gasteiger partial charge in [0.2, 0.25) is 0 Å². The topological polar surface area (TPSA) is 108 Å². The maximum atomic E-state index is 12.0. The fourth-order valence-electron chi connectivity index (χ4n) is 1.88. The summed E-state index contributed by atoms with van der Waals surface area (Å²) in [5, 5.41) is 23.5. The maximum absolute atomic E-state index is 12.0. The number of carbonyl (C=O) groups is 1. The van der Waals surface area contributed by atoms with Crippen molar-refractivity contribution in [2.75, 3.05) is 0 Å². The molecule has 0 saturated heterocycles. The Bertz CT molecular complexity index is 781. The van der Waals surface area contributed by atoms with Crippen molar-refractivity contribution in [3.8, 4) is 6.07 Å². The lowest BCUT2D eigenvalue weighted by atomic mass is 10.0. The Morgan fingerprint density at radius 1 is 1.26 bits per heavy atom. The van der Waals surface area contributed by atoms with Crippen molar-refractivity contribution in [1.29, 1.82) is 5.26 Å². The highest BCUT2D eigenvalue weighted by Gasteiger charge is 2.19. The molecule has 0 unspecified atom stereocenters. The molecule has 1 amide bonds. The first kappa shape index (κ1) is 15.9. The number of nitrogens with one attached hydrogen (secondary N) is 1. The van der Waals surface area contributed by atoms with Crippen molar-refractivity contribution in [2.45, 2.75) is 5.92 Å². The van der Waals surface area contributed by atoms with Crippen LogP contribution in [0.15, 0.2) is 59.7 Å². The summed E-state index contributed by atoms with van der Waals surface area (Å²) in [5.74, 6) is -1.54. The monoisotopic (exact) mass is 308 g/mol. The van der Waals surface area contributed by atoms with Gasteiger partial charge in [0.25, 0.3) is 11.6 Å². The number of hydrogen-bond donors (Lipinski definition) is 1. The number of nitriles is 1. The Morgan fingerprint density at radius 2 is 2.00 bits per heavy atom. The quantitative estimate of drug-likeness (QED) is 0.519. The standard InChI is InChI=1S/C16H12N4O3/c17-10-15(13-6-2-1-3-7-13)16(21)19-18-11-12-5-4-8-14(9-12)20(22)23/h1-9,11,15H,(H,19,21)/b18-11-/t15-/m1/s1. The first-order valence-electron chi connectivity index (χ1n) is 6.64. The Morgan fingerprint density at radius 3 is 2.65 bits per heavy atom. The van der Waals surface area contributed by atoms with Gasteiger partial charge in [-0.1, -0.05) is 42.5 Å². The van der Waals surface area contributed by atoms with Crippen molar-refractivity contribution < 1.29 is 9.72 Å². The summed E-state index contributed by atoms with van der Waals surface area (Å²) in [6.45, 7) is 0. The second kappa shape index (κ2) is 7.47. The van der Waals surface area contributed by atoms with Gasteiger partial charge in [-0.2, -0.15) is 10.4 Å². The smallest absolute Gasteiger partial charge is 0.270 e. The largest absolute Gasteiger partial charge is 0.271 e. The van der Waals surface area contributed by atoms with E-state index in [0.717, 1.165) is 0 Å². The molecule has 0 saturated carbocycles. The number of nitro benzene ring substituents is 1. The van der Waals surface area contributed by atoms with E-state index >= 15 is 0 Å². The maximum Gasteiger partial charge on any atom is 0.270 e. The summed E-state index contributed by atoms with van der Waals surface area (Å²) < 4.78 is 0. The van der Waals surface area contributed by atoms with E-state index in [1.165, 1.54) is 24.4 Å². The summed E-state index contributed by atoms with van der Waals surface area (Å²) in [6, 6.07) is 16.3. The summed E-state index contributed by atoms with van der Waals surface area (Å²) in [6.07, 6.45) is 1.28. The molecule has 23 heavy (non-hydrogen) atoms. The van der Waals surface area contributed by atoms with Crippen LogP contribution in [0.25, 0.3) is 0 Å². The van der Waals surface area contributed by atoms with E-state index in [1.54, 1.807) is 36.4 Å². The van der Waals surface area contributed by atoms with E-state index in [1.807, 2.05) is 6.07 Å². The normalized spacial score (nSPS) is 11.6. The molecule has 0 aromatic heterocycles. The molecule has 7 nitrogen and oxygen atoms in total. The predicted octanol–water partition coefficient (Wildman–Crippen LogP) is 2.35. The number of hydrazone groups is 1. The average Bonchev–Trinajstić information content (AvgIpc) is 2.57. The van der Waals surface area contributed by atoms with Gasteiger partial charge in [0, 0.05) is 17.7 Å². The molecule has 0 bridgehead atoms. The van der Waals surface area contributed by atoms with E-state index in [-0.39, 0.29) is 5.69 Å². The molecular weight excluding hydrogens is 296 g/mol. The van der Waals surface area contributed by atoms with Crippen molar-refractivity contribution in [2.24, 2.45) is 5.10 Å². The van der Waals surface area contributed by atoms with Crippen LogP contribution in [0.4, 0.5) is 5.69 Å². The Kier molecular flexibility index (Phi) is 5.15. The van der Waals surface area contributed by atoms with Gasteiger partial charge < -0.3 is 0 Å². The summed E-state index contributed by atoms with van der Waals surface area (Å²) >= 11 is 0. The predicted molar refractivity (Wildman–Crippen MR) is 83.6 cm³/mol. The van der Waals surface area contributed by atoms with Gasteiger partial charge in [-0.15, -0.1) is 0 Å². The molecule has 0 aliphatic heterocycles. The van der Waals surface area contributed by atoms with E-state index in [0.29, 0.717) is 11.1 Å². The molecule has 114 valence electrons. The molecule has 2 aromatic carbocycles. The lowest BCUT2D eigenvalue weighted by molar-refractivity contribution is -0.384. The lowest BCUT2D eigenvalue weighted by Gasteiger charge is -2.06. The first-order chi connectivity index (χ1) is 11.1. The Hall–Kier alpha value is -3.53. The van der Waals surface area contributed by atoms with E-state index in [4.69, 9.17) is 5.26 Å². The van der Waals surface area contributed by atoms with Crippen LogP contribution in [0.2, 0.25) is 0 Å². The minimum Gasteiger partial charge on any atom is -0.271 e. The third-order valence-electron chi connectivity index (χ3n) is 2.99. The molecule has 7 heteroatoms. The Balaban J connectivity index is 2.05. The first-order valence-corrected chi connectivity index (χ1v) is 6.64. The Labute approximate surface area is 132 Å². The zero-order chi connectivity index (χ0) is 16.7. The molecule has 1 N–H and O–H groups in total. The number of nitrogens with zero attached hydrogens (tertiary/aromatic N) is 3. The number of nitro groups is 1. The van der Waals surface area contributed by atoms with E-state index < -0.39 is 16.7 Å². The molecule has 0 heterocycles. The second-order valence-corrected chi connectivity index (χ2v) is 4.56. The molecule has 0 radical (unpaired) electrons. The van der Waals surface area contributed by atoms with Crippen molar-refractivity contribution in [3.05, 3.63) is 75.8 Å². The summed E-state index contributed by atoms with van der Waals surface area (Å²) in [4.78, 5) is 22.1. The summed E-state index contributed by atoms with van der Waals surface area (Å²) in [7, 11) is 0. The highest BCUT2D eigenvalue weighted by Crippen LogP contribution is 2.14. The van der Waals surface area contributed by atoms with Crippen LogP contribution in [0, 0.1) is 21.4 Å². The zero-order valence-corrected chi connectivity index (χ0v) is 11.9. The molecule has 0 aliphatic rings. The fraction of sp³-hybridized carbons (Fsp3) is 0.0625. The number of benzene rings is 2. The number of carbonyl (C=O) groups excluding carboxylic acids is 1. The van der Waals surface area contributed by atoms with Crippen LogP contribution in [-0.2, 0) is 4.79 Å². The zero-order valence-electron chi connectivity index (χ0n) is 11.9. The molecule has 2 rings (SSSR count). The van der Waals surface area contributed by atoms with Gasteiger partial charge in [-0.25, -0.2) is 5.43 Å². The molecule has 0 spiro atoms. The van der Waals surface area contributed by atoms with Gasteiger partial charge >= 0.3 is 0 Å². The van der Waals surface area contributed by atoms with Crippen LogP contribution >= 0.6 is 0 Å². The fourth-order valence-corrected chi connectivity index (χ4v) is 1.88. The SMILES string of the molecule is N#C[C@@H](C(=O)N/N=C\c1cccc([N+](=O)[O-])c1)c1ccccc1. The average molecular weight is 308 g/mol.